The summed E-state index contributed by atoms with van der Waals surface area (Å²) in [5.41, 5.74) is 1.69. The van der Waals surface area contributed by atoms with Crippen LogP contribution in [0.2, 0.25) is 0 Å². The Balaban J connectivity index is 2.43. The van der Waals surface area contributed by atoms with Crippen molar-refractivity contribution in [1.82, 2.24) is 0 Å². The number of allylic oxidation sites excluding steroid dienone is 1. The Kier molecular flexibility index (Phi) is 5.83. The first-order valence-electron chi connectivity index (χ1n) is 7.39. The molecule has 0 fully saturated rings. The smallest absolute Gasteiger partial charge is 0.303 e. The molecule has 2 rings (SSSR count). The Labute approximate surface area is 145 Å². The summed E-state index contributed by atoms with van der Waals surface area (Å²) >= 11 is 3.24. The molecule has 118 valence electrons. The lowest BCUT2D eigenvalue weighted by Crippen LogP contribution is -2.31. The summed E-state index contributed by atoms with van der Waals surface area (Å²) in [6.07, 6.45) is 2.48. The lowest BCUT2D eigenvalue weighted by molar-refractivity contribution is -0.145. The number of esters is 1. The predicted molar refractivity (Wildman–Crippen MR) is 94.2 cm³/mol. The molecule has 0 aliphatic carbocycles. The molecule has 1 unspecified atom stereocenters. The summed E-state index contributed by atoms with van der Waals surface area (Å²) in [5.74, 6) is -0.638. The van der Waals surface area contributed by atoms with E-state index in [4.69, 9.17) is 12.6 Å². The topological polar surface area (TPSA) is 46.6 Å². The van der Waals surface area contributed by atoms with Crippen LogP contribution in [0.25, 0.3) is 0 Å². The number of ether oxygens (including phenoxy) is 1. The number of nitrogens with zero attached hydrogens (tertiary/aromatic N) is 1. The Bertz CT molecular complexity index is 666. The molecule has 1 atom stereocenters. The van der Waals surface area contributed by atoms with Crippen molar-refractivity contribution < 1.29 is 14.3 Å². The van der Waals surface area contributed by atoms with Gasteiger partial charge in [0.25, 0.3) is 5.91 Å². The normalized spacial score (nSPS) is 17.8. The van der Waals surface area contributed by atoms with Gasteiger partial charge in [-0.3, -0.25) is 14.5 Å². The Morgan fingerprint density at radius 3 is 2.52 bits per heavy atom. The maximum absolute atomic E-state index is 12.9. The number of carbonyl (C=O) groups is 2. The van der Waals surface area contributed by atoms with Crippen LogP contribution in [0.1, 0.15) is 26.7 Å². The van der Waals surface area contributed by atoms with Crippen molar-refractivity contribution in [3.05, 3.63) is 52.1 Å². The monoisotopic (exact) mass is 373 g/mol. The molecule has 0 N–H and O–H groups in total. The van der Waals surface area contributed by atoms with Crippen LogP contribution in [0.15, 0.2) is 52.1 Å². The standard InChI is InChI=1S/C17H17BBrNO3/c1-3-7-15(23-11(2)21)13-10-14(16(18)19)20(17(13)22)12-8-5-4-6-9-12/h4-6,8-10,15H,3,7H2,1-2H3/b16-14-. The van der Waals surface area contributed by atoms with Gasteiger partial charge in [-0.15, -0.1) is 0 Å². The van der Waals surface area contributed by atoms with Crippen molar-refractivity contribution in [2.45, 2.75) is 32.8 Å². The number of anilines is 1. The molecule has 0 bridgehead atoms. The van der Waals surface area contributed by atoms with Gasteiger partial charge in [0.1, 0.15) is 14.0 Å². The highest BCUT2D eigenvalue weighted by molar-refractivity contribution is 9.12. The van der Waals surface area contributed by atoms with Gasteiger partial charge in [-0.05, 0) is 29.0 Å². The fourth-order valence-electron chi connectivity index (χ4n) is 2.49. The number of para-hydroxylation sites is 1. The molecule has 4 nitrogen and oxygen atoms in total. The van der Waals surface area contributed by atoms with Crippen molar-refractivity contribution in [3.8, 4) is 0 Å². The van der Waals surface area contributed by atoms with Crippen LogP contribution in [-0.4, -0.2) is 25.8 Å². The van der Waals surface area contributed by atoms with E-state index < -0.39 is 12.1 Å². The van der Waals surface area contributed by atoms with E-state index in [2.05, 4.69) is 15.9 Å². The average molecular weight is 374 g/mol. The van der Waals surface area contributed by atoms with Gasteiger partial charge >= 0.3 is 5.97 Å². The first-order valence-corrected chi connectivity index (χ1v) is 8.18. The van der Waals surface area contributed by atoms with Crippen molar-refractivity contribution in [1.29, 1.82) is 0 Å². The molecule has 1 aliphatic heterocycles. The Morgan fingerprint density at radius 2 is 2.00 bits per heavy atom. The molecular formula is C17H17BBrNO3. The van der Waals surface area contributed by atoms with Crippen LogP contribution in [-0.2, 0) is 14.3 Å². The molecule has 1 heterocycles. The van der Waals surface area contributed by atoms with Crippen molar-refractivity contribution >= 4 is 41.3 Å². The summed E-state index contributed by atoms with van der Waals surface area (Å²) in [6, 6.07) is 9.21. The molecule has 0 spiro atoms. The Hall–Kier alpha value is -1.82. The van der Waals surface area contributed by atoms with Crippen LogP contribution < -0.4 is 4.90 Å². The molecule has 6 heteroatoms. The fourth-order valence-corrected chi connectivity index (χ4v) is 2.78. The van der Waals surface area contributed by atoms with Gasteiger partial charge < -0.3 is 4.74 Å². The van der Waals surface area contributed by atoms with Gasteiger partial charge in [0, 0.05) is 18.3 Å². The number of amides is 1. The van der Waals surface area contributed by atoms with Gasteiger partial charge in [-0.2, -0.15) is 0 Å². The highest BCUT2D eigenvalue weighted by Crippen LogP contribution is 2.34. The molecule has 1 aliphatic rings. The number of hydrogen-bond donors (Lipinski definition) is 0. The van der Waals surface area contributed by atoms with E-state index in [0.29, 0.717) is 27.8 Å². The second-order valence-electron chi connectivity index (χ2n) is 5.20. The highest BCUT2D eigenvalue weighted by atomic mass is 79.9. The molecule has 1 aromatic rings. The van der Waals surface area contributed by atoms with Crippen LogP contribution >= 0.6 is 15.9 Å². The number of rotatable bonds is 5. The number of halogens is 1. The second kappa shape index (κ2) is 7.64. The molecular weight excluding hydrogens is 357 g/mol. The van der Waals surface area contributed by atoms with Crippen molar-refractivity contribution in [2.24, 2.45) is 0 Å². The molecule has 0 saturated heterocycles. The summed E-state index contributed by atoms with van der Waals surface area (Å²) in [5, 5.41) is 0. The Morgan fingerprint density at radius 1 is 1.35 bits per heavy atom. The van der Waals surface area contributed by atoms with Crippen LogP contribution in [0.3, 0.4) is 0 Å². The molecule has 1 aromatic carbocycles. The first kappa shape index (κ1) is 17.5. The summed E-state index contributed by atoms with van der Waals surface area (Å²) in [7, 11) is 5.88. The van der Waals surface area contributed by atoms with E-state index in [9.17, 15) is 9.59 Å². The molecule has 1 amide bonds. The van der Waals surface area contributed by atoms with E-state index in [1.54, 1.807) is 6.08 Å². The summed E-state index contributed by atoms with van der Waals surface area (Å²) in [6.45, 7) is 3.31. The first-order chi connectivity index (χ1) is 11.0. The SMILES string of the molecule is [B]/C(Br)=C1\C=C(C(CCC)OC(C)=O)C(=O)N1c1ccccc1. The predicted octanol–water partition coefficient (Wildman–Crippen LogP) is 3.42. The number of carbonyl (C=O) groups excluding carboxylic acids is 2. The third-order valence-corrected chi connectivity index (χ3v) is 3.85. The van der Waals surface area contributed by atoms with Gasteiger partial charge in [-0.25, -0.2) is 0 Å². The number of benzene rings is 1. The fraction of sp³-hybridized carbons (Fsp3) is 0.294. The van der Waals surface area contributed by atoms with Crippen LogP contribution in [0.5, 0.6) is 0 Å². The molecule has 0 saturated carbocycles. The van der Waals surface area contributed by atoms with Crippen molar-refractivity contribution in [2.75, 3.05) is 4.90 Å². The van der Waals surface area contributed by atoms with E-state index in [1.165, 1.54) is 11.8 Å². The second-order valence-corrected chi connectivity index (χ2v) is 6.05. The molecule has 23 heavy (non-hydrogen) atoms. The molecule has 0 aromatic heterocycles. The van der Waals surface area contributed by atoms with Gasteiger partial charge in [-0.1, -0.05) is 47.5 Å². The van der Waals surface area contributed by atoms with E-state index >= 15 is 0 Å². The quantitative estimate of drug-likeness (QED) is 0.586. The van der Waals surface area contributed by atoms with Gasteiger partial charge in [0.05, 0.1) is 5.57 Å². The van der Waals surface area contributed by atoms with E-state index in [1.807, 2.05) is 37.3 Å². The minimum atomic E-state index is -0.569. The third kappa shape index (κ3) is 3.94. The average Bonchev–Trinajstić information content (AvgIpc) is 2.85. The zero-order chi connectivity index (χ0) is 17.0. The highest BCUT2D eigenvalue weighted by Gasteiger charge is 2.35. The minimum absolute atomic E-state index is 0.228. The number of hydrogen-bond acceptors (Lipinski definition) is 3. The zero-order valence-corrected chi connectivity index (χ0v) is 14.7. The van der Waals surface area contributed by atoms with Crippen LogP contribution in [0.4, 0.5) is 5.69 Å². The zero-order valence-electron chi connectivity index (χ0n) is 13.1. The van der Waals surface area contributed by atoms with Crippen LogP contribution in [0, 0.1) is 0 Å². The maximum Gasteiger partial charge on any atom is 0.303 e. The van der Waals surface area contributed by atoms with Gasteiger partial charge in [0.2, 0.25) is 0 Å². The largest absolute Gasteiger partial charge is 0.457 e. The summed E-state index contributed by atoms with van der Waals surface area (Å²) in [4.78, 5) is 25.7. The summed E-state index contributed by atoms with van der Waals surface area (Å²) < 4.78 is 5.67. The van der Waals surface area contributed by atoms with E-state index in [0.717, 1.165) is 6.42 Å². The van der Waals surface area contributed by atoms with E-state index in [-0.39, 0.29) is 5.91 Å². The lowest BCUT2D eigenvalue weighted by atomic mass is 10.0. The molecule has 2 radical (unpaired) electrons. The van der Waals surface area contributed by atoms with Crippen molar-refractivity contribution in [3.63, 3.8) is 0 Å². The van der Waals surface area contributed by atoms with Gasteiger partial charge in [0.15, 0.2) is 0 Å². The lowest BCUT2D eigenvalue weighted by Gasteiger charge is -2.21. The third-order valence-electron chi connectivity index (χ3n) is 3.45. The minimum Gasteiger partial charge on any atom is -0.457 e. The maximum atomic E-state index is 12.9.